The Balaban J connectivity index is 0.000000146. The summed E-state index contributed by atoms with van der Waals surface area (Å²) in [5, 5.41) is 3.74. The summed E-state index contributed by atoms with van der Waals surface area (Å²) in [6.07, 6.45) is 0. The summed E-state index contributed by atoms with van der Waals surface area (Å²) in [7, 11) is 0. The van der Waals surface area contributed by atoms with E-state index in [0.717, 1.165) is 37.1 Å². The van der Waals surface area contributed by atoms with Crippen molar-refractivity contribution >= 4 is 48.9 Å². The van der Waals surface area contributed by atoms with Gasteiger partial charge in [-0.1, -0.05) is 343 Å². The number of hydrogen-bond acceptors (Lipinski definition) is 3. The predicted molar refractivity (Wildman–Crippen MR) is 421 cm³/mol. The zero-order valence-electron chi connectivity index (χ0n) is 52.6. The van der Waals surface area contributed by atoms with Crippen molar-refractivity contribution in [2.24, 2.45) is 0 Å². The van der Waals surface area contributed by atoms with Gasteiger partial charge >= 0.3 is 0 Å². The third kappa shape index (κ3) is 18.6. The number of halogens is 2. The van der Waals surface area contributed by atoms with Gasteiger partial charge in [-0.25, -0.2) is 0 Å². The van der Waals surface area contributed by atoms with Crippen LogP contribution >= 0.6 is 31.9 Å². The number of benzene rings is 15. The van der Waals surface area contributed by atoms with Crippen molar-refractivity contribution in [1.82, 2.24) is 6.15 Å². The largest absolute Gasteiger partial charge is 0.399 e. The van der Waals surface area contributed by atoms with Gasteiger partial charge in [0.05, 0.1) is 0 Å². The van der Waals surface area contributed by atoms with Gasteiger partial charge in [-0.2, -0.15) is 0 Å². The number of nitrogens with two attached hydrogens (primary N) is 1. The molecule has 0 aliphatic rings. The van der Waals surface area contributed by atoms with E-state index in [9.17, 15) is 0 Å². The van der Waals surface area contributed by atoms with Gasteiger partial charge in [0.25, 0.3) is 0 Å². The zero-order chi connectivity index (χ0) is 64.1. The number of hydrogen-bond donors (Lipinski definition) is 3. The molecule has 0 amide bonds. The molecule has 0 unspecified atom stereocenters. The molecular weight excluding hydrogens is 1290 g/mol. The fourth-order valence-corrected chi connectivity index (χ4v) is 12.4. The van der Waals surface area contributed by atoms with Crippen LogP contribution in [0.4, 0.5) is 17.1 Å². The van der Waals surface area contributed by atoms with Crippen LogP contribution in [0.25, 0.3) is 111 Å². The molecule has 5 heteroatoms. The molecule has 0 saturated carbocycles. The lowest BCUT2D eigenvalue weighted by molar-refractivity contribution is 1.51. The van der Waals surface area contributed by atoms with E-state index in [1.807, 2.05) is 72.8 Å². The molecule has 15 aromatic carbocycles. The summed E-state index contributed by atoms with van der Waals surface area (Å²) < 4.78 is 2.21. The molecule has 15 rings (SSSR count). The lowest BCUT2D eigenvalue weighted by Crippen LogP contribution is -1.94. The quantitative estimate of drug-likeness (QED) is 0.107. The lowest BCUT2D eigenvalue weighted by atomic mass is 9.97. The molecule has 0 aromatic heterocycles. The fraction of sp³-hybridized carbons (Fsp3) is 0.0110. The Hall–Kier alpha value is -11.2. The Kier molecular flexibility index (Phi) is 24.1. The molecule has 0 atom stereocenters. The molecule has 6 N–H and O–H groups in total. The third-order valence-corrected chi connectivity index (χ3v) is 16.9. The highest BCUT2D eigenvalue weighted by atomic mass is 79.9. The molecule has 15 aromatic rings. The smallest absolute Gasteiger partial charge is 0.0396 e. The van der Waals surface area contributed by atoms with Gasteiger partial charge in [0.2, 0.25) is 0 Å². The van der Waals surface area contributed by atoms with E-state index in [-0.39, 0.29) is 13.6 Å². The molecule has 0 spiro atoms. The normalized spacial score (nSPS) is 10.3. The molecule has 0 aliphatic carbocycles. The first-order valence-corrected chi connectivity index (χ1v) is 33.0. The van der Waals surface area contributed by atoms with Gasteiger partial charge in [0, 0.05) is 26.0 Å². The van der Waals surface area contributed by atoms with E-state index in [4.69, 9.17) is 5.73 Å². The van der Waals surface area contributed by atoms with E-state index >= 15 is 0 Å². The second kappa shape index (κ2) is 34.1. The minimum Gasteiger partial charge on any atom is -0.399 e. The Morgan fingerprint density at radius 2 is 0.312 bits per heavy atom. The lowest BCUT2D eigenvalue weighted by Gasteiger charge is -2.15. The van der Waals surface area contributed by atoms with E-state index in [1.165, 1.54) is 100 Å². The van der Waals surface area contributed by atoms with Crippen LogP contribution in [0.15, 0.2) is 403 Å². The maximum Gasteiger partial charge on any atom is 0.0396 e. The Bertz CT molecular complexity index is 4120. The molecule has 0 radical (unpaired) electrons. The van der Waals surface area contributed by atoms with Crippen LogP contribution in [0.2, 0.25) is 0 Å². The number of nitrogens with one attached hydrogen (secondary N) is 1. The zero-order valence-corrected chi connectivity index (χ0v) is 55.7. The molecule has 0 fully saturated rings. The van der Waals surface area contributed by atoms with Crippen molar-refractivity contribution in [2.45, 2.75) is 7.43 Å². The van der Waals surface area contributed by atoms with Crippen molar-refractivity contribution in [3.05, 3.63) is 403 Å². The minimum atomic E-state index is 0. The average Bonchev–Trinajstić information content (AvgIpc) is 0.889. The van der Waals surface area contributed by atoms with Gasteiger partial charge in [-0.3, -0.25) is 0 Å². The minimum absolute atomic E-state index is 0. The van der Waals surface area contributed by atoms with Crippen LogP contribution < -0.4 is 17.2 Å². The van der Waals surface area contributed by atoms with Gasteiger partial charge < -0.3 is 17.2 Å². The number of nitrogen functional groups attached to an aromatic ring is 1. The van der Waals surface area contributed by atoms with E-state index in [2.05, 4.69) is 359 Å². The number of rotatable bonds is 12. The topological polar surface area (TPSA) is 73.0 Å². The molecule has 468 valence electrons. The molecule has 96 heavy (non-hydrogen) atoms. The van der Waals surface area contributed by atoms with E-state index in [0.29, 0.717) is 0 Å². The van der Waals surface area contributed by atoms with Gasteiger partial charge in [0.15, 0.2) is 0 Å². The van der Waals surface area contributed by atoms with Crippen molar-refractivity contribution in [1.29, 1.82) is 0 Å². The summed E-state index contributed by atoms with van der Waals surface area (Å²) in [5.41, 5.74) is 33.0. The van der Waals surface area contributed by atoms with Crippen LogP contribution in [-0.4, -0.2) is 0 Å². The molecule has 0 aliphatic heterocycles. The van der Waals surface area contributed by atoms with Gasteiger partial charge in [0.1, 0.15) is 0 Å². The summed E-state index contributed by atoms with van der Waals surface area (Å²) in [5.74, 6) is 0. The fourth-order valence-electron chi connectivity index (χ4n) is 11.4. The van der Waals surface area contributed by atoms with Crippen LogP contribution in [0.5, 0.6) is 0 Å². The first-order valence-electron chi connectivity index (χ1n) is 31.4. The molecule has 0 heterocycles. The van der Waals surface area contributed by atoms with Crippen molar-refractivity contribution in [3.63, 3.8) is 0 Å². The monoisotopic (exact) mass is 1370 g/mol. The SMILES string of the molecule is Brc1cc(-c2ccccc2)cc(-c2ccccc2)c1.Brc1cc(-c2ccccc2)cc(-c2ccccc2)c1.C.N.Nc1cc(-c2ccccc2)cc(-c2ccccc2)c1.c1ccc(-c2cc(Nc3cc(-c4ccccc4)cc(-c4ccccc4)c3)cc(-c3ccccc3)c2)cc1. The van der Waals surface area contributed by atoms with E-state index < -0.39 is 0 Å². The van der Waals surface area contributed by atoms with Crippen molar-refractivity contribution in [3.8, 4) is 111 Å². The average molecular weight is 1370 g/mol. The summed E-state index contributed by atoms with van der Waals surface area (Å²) in [6, 6.07) is 137. The van der Waals surface area contributed by atoms with Crippen molar-refractivity contribution < 1.29 is 0 Å². The Morgan fingerprint density at radius 3 is 0.469 bits per heavy atom. The van der Waals surface area contributed by atoms with Crippen molar-refractivity contribution in [2.75, 3.05) is 11.1 Å². The highest BCUT2D eigenvalue weighted by Crippen LogP contribution is 2.37. The Labute approximate surface area is 583 Å². The molecular formula is C91H75Br2N3. The van der Waals surface area contributed by atoms with Crippen LogP contribution in [-0.2, 0) is 0 Å². The molecule has 0 saturated heterocycles. The van der Waals surface area contributed by atoms with Crippen LogP contribution in [0, 0.1) is 0 Å². The molecule has 0 bridgehead atoms. The first-order chi connectivity index (χ1) is 46.3. The summed E-state index contributed by atoms with van der Waals surface area (Å²) >= 11 is 7.22. The number of anilines is 3. The van der Waals surface area contributed by atoms with E-state index in [1.54, 1.807) is 0 Å². The molecule has 3 nitrogen and oxygen atoms in total. The predicted octanol–water partition coefficient (Wildman–Crippen LogP) is 27.1. The van der Waals surface area contributed by atoms with Crippen LogP contribution in [0.1, 0.15) is 7.43 Å². The first kappa shape index (κ1) is 67.7. The standard InChI is InChI=1S/C36H27N.2C18H13Br.C18H15N.CH4.H3N/c1-5-13-27(14-6-1)31-21-32(28-15-7-2-8-16-28)24-35(23-31)37-36-25-33(29-17-9-3-10-18-29)22-34(26-36)30-19-11-4-12-20-30;3*19-18-12-16(14-7-3-1-4-8-14)11-17(13-18)15-9-5-2-6-10-15;;/h1-26,37H;2*1-13H;1-13H,19H2;1H4;1H3. The summed E-state index contributed by atoms with van der Waals surface area (Å²) in [6.45, 7) is 0. The van der Waals surface area contributed by atoms with Gasteiger partial charge in [-0.15, -0.1) is 0 Å². The van der Waals surface area contributed by atoms with Gasteiger partial charge in [-0.05, 0) is 202 Å². The summed E-state index contributed by atoms with van der Waals surface area (Å²) in [4.78, 5) is 0. The highest BCUT2D eigenvalue weighted by molar-refractivity contribution is 9.10. The van der Waals surface area contributed by atoms with Crippen LogP contribution in [0.3, 0.4) is 0 Å². The maximum atomic E-state index is 6.03. The highest BCUT2D eigenvalue weighted by Gasteiger charge is 2.12. The second-order valence-corrected chi connectivity index (χ2v) is 24.5. The Morgan fingerprint density at radius 1 is 0.177 bits per heavy atom. The second-order valence-electron chi connectivity index (χ2n) is 22.7. The maximum absolute atomic E-state index is 6.03. The third-order valence-electron chi connectivity index (χ3n) is 16.0.